The van der Waals surface area contributed by atoms with Gasteiger partial charge in [-0.25, -0.2) is 0 Å². The number of hydrogen-bond acceptors (Lipinski definition) is 2. The van der Waals surface area contributed by atoms with Gasteiger partial charge in [0.25, 0.3) is 0 Å². The smallest absolute Gasteiger partial charge is 0.0558 e. The molecule has 0 aromatic heterocycles. The van der Waals surface area contributed by atoms with E-state index in [1.807, 2.05) is 0 Å². The summed E-state index contributed by atoms with van der Waals surface area (Å²) in [6.45, 7) is 1.14. The quantitative estimate of drug-likeness (QED) is 0.737. The summed E-state index contributed by atoms with van der Waals surface area (Å²) in [5.74, 6) is 0. The summed E-state index contributed by atoms with van der Waals surface area (Å²) < 4.78 is 0. The predicted molar refractivity (Wildman–Crippen MR) is 53.8 cm³/mol. The molecule has 0 aliphatic heterocycles. The first-order valence-corrected chi connectivity index (χ1v) is 4.65. The highest BCUT2D eigenvalue weighted by molar-refractivity contribution is 5.85. The second kappa shape index (κ2) is 6.70. The third kappa shape index (κ3) is 3.74. The molecule has 0 radical (unpaired) electrons. The normalized spacial score (nSPS) is 19.2. The molecular formula is C9H20ClNO. The van der Waals surface area contributed by atoms with E-state index in [0.29, 0.717) is 6.61 Å². The first-order chi connectivity index (χ1) is 5.34. The van der Waals surface area contributed by atoms with E-state index >= 15 is 0 Å². The summed E-state index contributed by atoms with van der Waals surface area (Å²) in [4.78, 5) is 2.29. The van der Waals surface area contributed by atoms with Crippen LogP contribution in [0.2, 0.25) is 0 Å². The zero-order chi connectivity index (χ0) is 8.10. The van der Waals surface area contributed by atoms with Crippen LogP contribution in [0.15, 0.2) is 0 Å². The molecule has 1 rings (SSSR count). The summed E-state index contributed by atoms with van der Waals surface area (Å²) in [7, 11) is 2.12. The molecule has 0 saturated heterocycles. The lowest BCUT2D eigenvalue weighted by Gasteiger charge is -2.30. The number of hydrogen-bond donors (Lipinski definition) is 1. The fourth-order valence-corrected chi connectivity index (χ4v) is 1.86. The molecule has 0 heterocycles. The van der Waals surface area contributed by atoms with Crippen LogP contribution >= 0.6 is 12.4 Å². The van der Waals surface area contributed by atoms with Crippen molar-refractivity contribution in [2.75, 3.05) is 20.2 Å². The molecule has 1 N–H and O–H groups in total. The van der Waals surface area contributed by atoms with Crippen molar-refractivity contribution in [3.63, 3.8) is 0 Å². The van der Waals surface area contributed by atoms with Crippen LogP contribution in [0.25, 0.3) is 0 Å². The zero-order valence-corrected chi connectivity index (χ0v) is 8.65. The monoisotopic (exact) mass is 193 g/mol. The lowest BCUT2D eigenvalue weighted by molar-refractivity contribution is 0.152. The number of rotatable bonds is 3. The summed E-state index contributed by atoms with van der Waals surface area (Å²) in [5, 5.41) is 8.73. The average Bonchev–Trinajstić information content (AvgIpc) is 2.07. The van der Waals surface area contributed by atoms with Crippen molar-refractivity contribution in [3.8, 4) is 0 Å². The van der Waals surface area contributed by atoms with Crippen LogP contribution in [0.5, 0.6) is 0 Å². The number of aliphatic hydroxyl groups is 1. The minimum atomic E-state index is 0. The van der Waals surface area contributed by atoms with Crippen molar-refractivity contribution in [1.82, 2.24) is 4.90 Å². The van der Waals surface area contributed by atoms with Gasteiger partial charge in [-0.2, -0.15) is 0 Å². The lowest BCUT2D eigenvalue weighted by Crippen LogP contribution is -2.35. The van der Waals surface area contributed by atoms with E-state index in [0.717, 1.165) is 12.6 Å². The fourth-order valence-electron chi connectivity index (χ4n) is 1.86. The maximum atomic E-state index is 8.73. The maximum absolute atomic E-state index is 8.73. The van der Waals surface area contributed by atoms with Crippen LogP contribution in [0.4, 0.5) is 0 Å². The molecule has 0 aromatic rings. The molecule has 0 spiro atoms. The maximum Gasteiger partial charge on any atom is 0.0558 e. The van der Waals surface area contributed by atoms with E-state index < -0.39 is 0 Å². The van der Waals surface area contributed by atoms with Gasteiger partial charge in [0.15, 0.2) is 0 Å². The second-order valence-corrected chi connectivity index (χ2v) is 3.50. The summed E-state index contributed by atoms with van der Waals surface area (Å²) in [6.07, 6.45) is 6.82. The van der Waals surface area contributed by atoms with Crippen LogP contribution in [0, 0.1) is 0 Å². The highest BCUT2D eigenvalue weighted by atomic mass is 35.5. The van der Waals surface area contributed by atoms with Crippen LogP contribution in [0.1, 0.15) is 32.1 Å². The fraction of sp³-hybridized carbons (Fsp3) is 1.00. The summed E-state index contributed by atoms with van der Waals surface area (Å²) >= 11 is 0. The third-order valence-corrected chi connectivity index (χ3v) is 2.65. The largest absolute Gasteiger partial charge is 0.395 e. The van der Waals surface area contributed by atoms with Gasteiger partial charge in [-0.3, -0.25) is 0 Å². The molecule has 1 aliphatic carbocycles. The Bertz CT molecular complexity index is 105. The van der Waals surface area contributed by atoms with E-state index in [2.05, 4.69) is 11.9 Å². The van der Waals surface area contributed by atoms with Crippen LogP contribution in [-0.2, 0) is 0 Å². The minimum absolute atomic E-state index is 0. The molecule has 0 amide bonds. The van der Waals surface area contributed by atoms with Gasteiger partial charge in [0.2, 0.25) is 0 Å². The molecule has 0 aromatic carbocycles. The first kappa shape index (κ1) is 12.2. The van der Waals surface area contributed by atoms with Gasteiger partial charge in [0.1, 0.15) is 0 Å². The number of aliphatic hydroxyl groups excluding tert-OH is 1. The van der Waals surface area contributed by atoms with Gasteiger partial charge >= 0.3 is 0 Å². The molecule has 1 saturated carbocycles. The highest BCUT2D eigenvalue weighted by Gasteiger charge is 2.16. The number of likely N-dealkylation sites (N-methyl/N-ethyl adjacent to an activating group) is 1. The molecule has 1 fully saturated rings. The Labute approximate surface area is 81.4 Å². The Morgan fingerprint density at radius 3 is 2.33 bits per heavy atom. The molecular weight excluding hydrogens is 174 g/mol. The summed E-state index contributed by atoms with van der Waals surface area (Å²) in [6, 6.07) is 0.746. The van der Waals surface area contributed by atoms with Crippen molar-refractivity contribution in [2.24, 2.45) is 0 Å². The Balaban J connectivity index is 0.00000121. The molecule has 2 nitrogen and oxygen atoms in total. The van der Waals surface area contributed by atoms with Crippen molar-refractivity contribution in [2.45, 2.75) is 38.1 Å². The minimum Gasteiger partial charge on any atom is -0.395 e. The molecule has 0 atom stereocenters. The van der Waals surface area contributed by atoms with Crippen LogP contribution in [-0.4, -0.2) is 36.2 Å². The summed E-state index contributed by atoms with van der Waals surface area (Å²) in [5.41, 5.74) is 0. The molecule has 1 aliphatic rings. The Hall–Kier alpha value is 0.210. The molecule has 0 unspecified atom stereocenters. The second-order valence-electron chi connectivity index (χ2n) is 3.50. The molecule has 0 bridgehead atoms. The predicted octanol–water partition coefficient (Wildman–Crippen LogP) is 1.66. The van der Waals surface area contributed by atoms with E-state index in [-0.39, 0.29) is 12.4 Å². The van der Waals surface area contributed by atoms with E-state index in [1.165, 1.54) is 32.1 Å². The van der Waals surface area contributed by atoms with E-state index in [9.17, 15) is 0 Å². The molecule has 74 valence electrons. The highest BCUT2D eigenvalue weighted by Crippen LogP contribution is 2.20. The first-order valence-electron chi connectivity index (χ1n) is 4.65. The van der Waals surface area contributed by atoms with Crippen molar-refractivity contribution < 1.29 is 5.11 Å². The van der Waals surface area contributed by atoms with Gasteiger partial charge in [-0.05, 0) is 19.9 Å². The van der Waals surface area contributed by atoms with E-state index in [1.54, 1.807) is 0 Å². The van der Waals surface area contributed by atoms with Gasteiger partial charge in [0, 0.05) is 12.6 Å². The molecule has 12 heavy (non-hydrogen) atoms. The Morgan fingerprint density at radius 1 is 1.25 bits per heavy atom. The van der Waals surface area contributed by atoms with Crippen molar-refractivity contribution in [1.29, 1.82) is 0 Å². The van der Waals surface area contributed by atoms with Gasteiger partial charge in [-0.1, -0.05) is 19.3 Å². The third-order valence-electron chi connectivity index (χ3n) is 2.65. The van der Waals surface area contributed by atoms with Gasteiger partial charge < -0.3 is 10.0 Å². The van der Waals surface area contributed by atoms with Gasteiger partial charge in [0.05, 0.1) is 6.61 Å². The molecule has 3 heteroatoms. The Morgan fingerprint density at radius 2 is 1.83 bits per heavy atom. The van der Waals surface area contributed by atoms with Crippen molar-refractivity contribution in [3.05, 3.63) is 0 Å². The van der Waals surface area contributed by atoms with Gasteiger partial charge in [-0.15, -0.1) is 12.4 Å². The van der Waals surface area contributed by atoms with Crippen LogP contribution in [0.3, 0.4) is 0 Å². The zero-order valence-electron chi connectivity index (χ0n) is 7.83. The Kier molecular flexibility index (Phi) is 6.81. The topological polar surface area (TPSA) is 23.5 Å². The lowest BCUT2D eigenvalue weighted by atomic mass is 9.94. The standard InChI is InChI=1S/C9H19NO.ClH/c1-10(7-8-11)9-5-3-2-4-6-9;/h9,11H,2-8H2,1H3;1H. The SMILES string of the molecule is CN(CCO)C1CCCCC1.Cl. The number of nitrogens with zero attached hydrogens (tertiary/aromatic N) is 1. The average molecular weight is 194 g/mol. The van der Waals surface area contributed by atoms with Crippen LogP contribution < -0.4 is 0 Å². The number of halogens is 1. The van der Waals surface area contributed by atoms with Crippen molar-refractivity contribution >= 4 is 12.4 Å². The van der Waals surface area contributed by atoms with E-state index in [4.69, 9.17) is 5.11 Å².